The Kier molecular flexibility index (Phi) is 3.50. The molecule has 19 heavy (non-hydrogen) atoms. The monoisotopic (exact) mass is 264 g/mol. The van der Waals surface area contributed by atoms with E-state index < -0.39 is 17.5 Å². The number of hydrogen-bond donors (Lipinski definition) is 1. The molecule has 0 amide bonds. The zero-order chi connectivity index (χ0) is 14.0. The van der Waals surface area contributed by atoms with Crippen molar-refractivity contribution >= 4 is 17.5 Å². The number of fused-ring (bicyclic) bond motifs is 1. The number of hydrogen-bond acceptors (Lipinski definition) is 5. The van der Waals surface area contributed by atoms with Crippen LogP contribution in [0.5, 0.6) is 11.5 Å². The van der Waals surface area contributed by atoms with Crippen molar-refractivity contribution in [2.45, 2.75) is 19.8 Å². The lowest BCUT2D eigenvalue weighted by molar-refractivity contribution is -0.138. The Morgan fingerprint density at radius 3 is 2.42 bits per heavy atom. The highest BCUT2D eigenvalue weighted by molar-refractivity contribution is 6.44. The topological polar surface area (TPSA) is 89.9 Å². The van der Waals surface area contributed by atoms with E-state index in [2.05, 4.69) is 0 Å². The summed E-state index contributed by atoms with van der Waals surface area (Å²) in [4.78, 5) is 33.9. The van der Waals surface area contributed by atoms with E-state index in [4.69, 9.17) is 14.6 Å². The van der Waals surface area contributed by atoms with Crippen molar-refractivity contribution in [1.29, 1.82) is 0 Å². The third-order valence-corrected chi connectivity index (χ3v) is 2.78. The predicted octanol–water partition coefficient (Wildman–Crippen LogP) is 1.34. The third-order valence-electron chi connectivity index (χ3n) is 2.78. The molecule has 0 fully saturated rings. The van der Waals surface area contributed by atoms with Gasteiger partial charge < -0.3 is 14.6 Å². The van der Waals surface area contributed by atoms with Crippen molar-refractivity contribution < 1.29 is 29.0 Å². The molecule has 0 aromatic heterocycles. The molecule has 1 heterocycles. The van der Waals surface area contributed by atoms with Crippen LogP contribution in [0.25, 0.3) is 0 Å². The molecule has 0 unspecified atom stereocenters. The molecule has 6 nitrogen and oxygen atoms in total. The fourth-order valence-corrected chi connectivity index (χ4v) is 1.77. The van der Waals surface area contributed by atoms with Gasteiger partial charge in [-0.3, -0.25) is 14.4 Å². The molecule has 1 aromatic rings. The van der Waals surface area contributed by atoms with E-state index in [9.17, 15) is 14.4 Å². The van der Waals surface area contributed by atoms with Crippen molar-refractivity contribution in [3.63, 3.8) is 0 Å². The van der Waals surface area contributed by atoms with E-state index in [0.717, 1.165) is 0 Å². The zero-order valence-electron chi connectivity index (χ0n) is 10.3. The molecule has 100 valence electrons. The SMILES string of the molecule is Cc1cc2c(cc1C(=O)C(=O)CCC(=O)O)OCO2. The Morgan fingerprint density at radius 2 is 1.79 bits per heavy atom. The van der Waals surface area contributed by atoms with E-state index in [-0.39, 0.29) is 25.2 Å². The van der Waals surface area contributed by atoms with Crippen molar-refractivity contribution in [2.24, 2.45) is 0 Å². The van der Waals surface area contributed by atoms with Gasteiger partial charge in [0.15, 0.2) is 11.5 Å². The number of ether oxygens (including phenoxy) is 2. The highest BCUT2D eigenvalue weighted by Gasteiger charge is 2.23. The predicted molar refractivity (Wildman–Crippen MR) is 63.5 cm³/mol. The van der Waals surface area contributed by atoms with Crippen LogP contribution in [-0.4, -0.2) is 29.4 Å². The minimum atomic E-state index is -1.11. The maximum atomic E-state index is 11.9. The van der Waals surface area contributed by atoms with Crippen molar-refractivity contribution in [3.05, 3.63) is 23.3 Å². The molecule has 1 aromatic carbocycles. The van der Waals surface area contributed by atoms with E-state index in [1.54, 1.807) is 13.0 Å². The molecule has 0 aliphatic carbocycles. The van der Waals surface area contributed by atoms with Crippen LogP contribution in [0.15, 0.2) is 12.1 Å². The van der Waals surface area contributed by atoms with Crippen molar-refractivity contribution in [3.8, 4) is 11.5 Å². The smallest absolute Gasteiger partial charge is 0.303 e. The molecule has 0 saturated heterocycles. The Labute approximate surface area is 108 Å². The first kappa shape index (κ1) is 13.1. The minimum Gasteiger partial charge on any atom is -0.481 e. The number of ketones is 2. The summed E-state index contributed by atoms with van der Waals surface area (Å²) in [5.74, 6) is -1.57. The third kappa shape index (κ3) is 2.73. The van der Waals surface area contributed by atoms with Gasteiger partial charge in [-0.2, -0.15) is 0 Å². The minimum absolute atomic E-state index is 0.0827. The highest BCUT2D eigenvalue weighted by atomic mass is 16.7. The standard InChI is InChI=1S/C13H12O6/c1-7-4-10-11(19-6-18-10)5-8(7)13(17)9(14)2-3-12(15)16/h4-5H,2-3,6H2,1H3,(H,15,16). The van der Waals surface area contributed by atoms with Crippen LogP contribution in [0.2, 0.25) is 0 Å². The van der Waals surface area contributed by atoms with Crippen LogP contribution < -0.4 is 9.47 Å². The van der Waals surface area contributed by atoms with Crippen LogP contribution in [0, 0.1) is 6.92 Å². The fourth-order valence-electron chi connectivity index (χ4n) is 1.77. The molecule has 1 aliphatic rings. The summed E-state index contributed by atoms with van der Waals surface area (Å²) >= 11 is 0. The van der Waals surface area contributed by atoms with Crippen LogP contribution in [0.4, 0.5) is 0 Å². The number of rotatable bonds is 5. The summed E-state index contributed by atoms with van der Waals surface area (Å²) in [6.45, 7) is 1.76. The van der Waals surface area contributed by atoms with Crippen molar-refractivity contribution in [1.82, 2.24) is 0 Å². The molecule has 0 bridgehead atoms. The summed E-state index contributed by atoms with van der Waals surface area (Å²) < 4.78 is 10.3. The molecule has 1 aliphatic heterocycles. The van der Waals surface area contributed by atoms with Gasteiger partial charge >= 0.3 is 5.97 Å². The van der Waals surface area contributed by atoms with E-state index in [1.165, 1.54) is 6.07 Å². The molecule has 0 saturated carbocycles. The lowest BCUT2D eigenvalue weighted by atomic mass is 9.99. The zero-order valence-corrected chi connectivity index (χ0v) is 10.3. The van der Waals surface area contributed by atoms with Crippen LogP contribution in [-0.2, 0) is 9.59 Å². The molecule has 0 radical (unpaired) electrons. The van der Waals surface area contributed by atoms with E-state index in [1.807, 2.05) is 0 Å². The summed E-state index contributed by atoms with van der Waals surface area (Å²) in [5, 5.41) is 8.50. The summed E-state index contributed by atoms with van der Waals surface area (Å²) in [7, 11) is 0. The second-order valence-corrected chi connectivity index (χ2v) is 4.17. The first-order valence-corrected chi connectivity index (χ1v) is 5.68. The van der Waals surface area contributed by atoms with Gasteiger partial charge in [-0.05, 0) is 24.6 Å². The lowest BCUT2D eigenvalue weighted by Crippen LogP contribution is -2.16. The van der Waals surface area contributed by atoms with Crippen LogP contribution in [0.1, 0.15) is 28.8 Å². The van der Waals surface area contributed by atoms with Crippen molar-refractivity contribution in [2.75, 3.05) is 6.79 Å². The summed E-state index contributed by atoms with van der Waals surface area (Å²) in [6, 6.07) is 3.08. The van der Waals surface area contributed by atoms with Gasteiger partial charge in [-0.25, -0.2) is 0 Å². The average molecular weight is 264 g/mol. The molecule has 0 atom stereocenters. The van der Waals surface area contributed by atoms with E-state index in [0.29, 0.717) is 17.1 Å². The maximum Gasteiger partial charge on any atom is 0.303 e. The molecule has 0 spiro atoms. The largest absolute Gasteiger partial charge is 0.481 e. The number of Topliss-reactive ketones (excluding diaryl/α,β-unsaturated/α-hetero) is 2. The van der Waals surface area contributed by atoms with Crippen LogP contribution in [0.3, 0.4) is 0 Å². The Bertz CT molecular complexity index is 560. The number of carbonyl (C=O) groups is 3. The van der Waals surface area contributed by atoms with Gasteiger partial charge in [0, 0.05) is 12.0 Å². The number of benzene rings is 1. The number of carboxylic acid groups (broad SMARTS) is 1. The Hall–Kier alpha value is -2.37. The number of aliphatic carboxylic acids is 1. The Balaban J connectivity index is 2.19. The summed E-state index contributed by atoms with van der Waals surface area (Å²) in [5.41, 5.74) is 0.817. The molecule has 6 heteroatoms. The number of carbonyl (C=O) groups excluding carboxylic acids is 2. The van der Waals surface area contributed by atoms with Gasteiger partial charge in [-0.1, -0.05) is 0 Å². The highest BCUT2D eigenvalue weighted by Crippen LogP contribution is 2.34. The molecular formula is C13H12O6. The normalized spacial score (nSPS) is 12.3. The van der Waals surface area contributed by atoms with E-state index >= 15 is 0 Å². The molecular weight excluding hydrogens is 252 g/mol. The lowest BCUT2D eigenvalue weighted by Gasteiger charge is -2.05. The quantitative estimate of drug-likeness (QED) is 0.637. The number of aryl methyl sites for hydroxylation is 1. The van der Waals surface area contributed by atoms with Gasteiger partial charge in [0.2, 0.25) is 18.4 Å². The second-order valence-electron chi connectivity index (χ2n) is 4.17. The summed E-state index contributed by atoms with van der Waals surface area (Å²) in [6.07, 6.45) is -0.657. The molecule has 1 N–H and O–H groups in total. The Morgan fingerprint density at radius 1 is 1.16 bits per heavy atom. The first-order chi connectivity index (χ1) is 8.99. The fraction of sp³-hybridized carbons (Fsp3) is 0.308. The maximum absolute atomic E-state index is 11.9. The van der Waals surface area contributed by atoms with Gasteiger partial charge in [0.25, 0.3) is 0 Å². The van der Waals surface area contributed by atoms with Gasteiger partial charge in [0.1, 0.15) is 0 Å². The van der Waals surface area contributed by atoms with Gasteiger partial charge in [0.05, 0.1) is 6.42 Å². The average Bonchev–Trinajstić information content (AvgIpc) is 2.80. The molecule has 2 rings (SSSR count). The van der Waals surface area contributed by atoms with Crippen LogP contribution >= 0.6 is 0 Å². The second kappa shape index (κ2) is 5.09. The van der Waals surface area contributed by atoms with Gasteiger partial charge in [-0.15, -0.1) is 0 Å². The first-order valence-electron chi connectivity index (χ1n) is 5.68. The number of carboxylic acids is 1.